The summed E-state index contributed by atoms with van der Waals surface area (Å²) in [6, 6.07) is 8.12. The summed E-state index contributed by atoms with van der Waals surface area (Å²) < 4.78 is 63.3. The molecule has 3 rings (SSSR count). The molecule has 0 unspecified atom stereocenters. The van der Waals surface area contributed by atoms with Gasteiger partial charge in [-0.3, -0.25) is 0 Å². The number of hydrogen-bond acceptors (Lipinski definition) is 4. The number of rotatable bonds is 3. The lowest BCUT2D eigenvalue weighted by molar-refractivity contribution is 0.390. The van der Waals surface area contributed by atoms with Crippen LogP contribution in [0.4, 0.5) is 4.39 Å². The Morgan fingerprint density at radius 3 is 2.32 bits per heavy atom. The zero-order valence-corrected chi connectivity index (χ0v) is 15.1. The normalized spacial score (nSPS) is 15.8. The second-order valence-corrected chi connectivity index (χ2v) is 9.47. The van der Waals surface area contributed by atoms with Gasteiger partial charge in [-0.05, 0) is 60.4 Å². The van der Waals surface area contributed by atoms with Crippen molar-refractivity contribution in [3.8, 4) is 0 Å². The third-order valence-corrected chi connectivity index (χ3v) is 7.00. The molecule has 6 nitrogen and oxygen atoms in total. The molecule has 0 radical (unpaired) electrons. The lowest BCUT2D eigenvalue weighted by Gasteiger charge is -2.28. The third kappa shape index (κ3) is 3.45. The summed E-state index contributed by atoms with van der Waals surface area (Å²) >= 11 is 0. The van der Waals surface area contributed by atoms with Gasteiger partial charge >= 0.3 is 0 Å². The highest BCUT2D eigenvalue weighted by atomic mass is 32.2. The molecule has 0 spiro atoms. The molecule has 0 bridgehead atoms. The van der Waals surface area contributed by atoms with Gasteiger partial charge in [0.1, 0.15) is 5.82 Å². The van der Waals surface area contributed by atoms with Crippen LogP contribution in [0.25, 0.3) is 0 Å². The van der Waals surface area contributed by atoms with Crippen molar-refractivity contribution in [2.24, 2.45) is 5.14 Å². The van der Waals surface area contributed by atoms with E-state index in [1.807, 2.05) is 0 Å². The van der Waals surface area contributed by atoms with Gasteiger partial charge < -0.3 is 0 Å². The number of primary sulfonamides is 1. The standard InChI is InChI=1S/C16H17FN2O4S2/c1-11-8-15(4-5-16(11)17)25(22,23)19-7-6-12-2-3-14(24(18,20)21)9-13(12)10-19/h2-5,8-9H,6-7,10H2,1H3,(H2,18,20,21). The Morgan fingerprint density at radius 2 is 1.68 bits per heavy atom. The lowest BCUT2D eigenvalue weighted by Crippen LogP contribution is -2.36. The van der Waals surface area contributed by atoms with Crippen LogP contribution >= 0.6 is 0 Å². The van der Waals surface area contributed by atoms with E-state index in [4.69, 9.17) is 5.14 Å². The van der Waals surface area contributed by atoms with E-state index in [1.54, 1.807) is 6.07 Å². The fourth-order valence-corrected chi connectivity index (χ4v) is 4.89. The van der Waals surface area contributed by atoms with Gasteiger partial charge in [-0.2, -0.15) is 4.31 Å². The minimum absolute atomic E-state index is 0.0115. The second-order valence-electron chi connectivity index (χ2n) is 5.98. The average molecular weight is 384 g/mol. The van der Waals surface area contributed by atoms with Crippen LogP contribution in [0.1, 0.15) is 16.7 Å². The molecule has 0 saturated heterocycles. The minimum Gasteiger partial charge on any atom is -0.225 e. The van der Waals surface area contributed by atoms with E-state index in [2.05, 4.69) is 0 Å². The Bertz CT molecular complexity index is 1050. The number of benzene rings is 2. The molecule has 2 aromatic carbocycles. The van der Waals surface area contributed by atoms with Gasteiger partial charge in [0.05, 0.1) is 9.79 Å². The van der Waals surface area contributed by atoms with Crippen molar-refractivity contribution in [3.05, 3.63) is 58.9 Å². The van der Waals surface area contributed by atoms with Crippen LogP contribution in [0, 0.1) is 12.7 Å². The van der Waals surface area contributed by atoms with Crippen molar-refractivity contribution < 1.29 is 21.2 Å². The summed E-state index contributed by atoms with van der Waals surface area (Å²) in [4.78, 5) is -0.0411. The molecule has 0 amide bonds. The van der Waals surface area contributed by atoms with Crippen LogP contribution in [-0.4, -0.2) is 27.7 Å². The first kappa shape index (κ1) is 18.0. The number of hydrogen-bond donors (Lipinski definition) is 1. The smallest absolute Gasteiger partial charge is 0.225 e. The zero-order valence-electron chi connectivity index (χ0n) is 13.4. The molecule has 134 valence electrons. The lowest BCUT2D eigenvalue weighted by atomic mass is 10.0. The first-order valence-electron chi connectivity index (χ1n) is 7.50. The van der Waals surface area contributed by atoms with Crippen molar-refractivity contribution in [1.29, 1.82) is 0 Å². The van der Waals surface area contributed by atoms with Crippen molar-refractivity contribution >= 4 is 20.0 Å². The second kappa shape index (κ2) is 6.17. The van der Waals surface area contributed by atoms with E-state index in [-0.39, 0.29) is 28.4 Å². The largest absolute Gasteiger partial charge is 0.243 e. The molecule has 0 fully saturated rings. The van der Waals surface area contributed by atoms with Crippen molar-refractivity contribution in [3.63, 3.8) is 0 Å². The minimum atomic E-state index is -3.86. The third-order valence-electron chi connectivity index (χ3n) is 4.25. The van der Waals surface area contributed by atoms with Crippen LogP contribution in [0.5, 0.6) is 0 Å². The van der Waals surface area contributed by atoms with Crippen molar-refractivity contribution in [2.45, 2.75) is 29.7 Å². The summed E-state index contributed by atoms with van der Waals surface area (Å²) in [7, 11) is -7.67. The summed E-state index contributed by atoms with van der Waals surface area (Å²) in [6.45, 7) is 1.80. The number of halogens is 1. The number of sulfonamides is 2. The van der Waals surface area contributed by atoms with Crippen LogP contribution in [-0.2, 0) is 33.0 Å². The van der Waals surface area contributed by atoms with Gasteiger partial charge in [0.2, 0.25) is 20.0 Å². The topological polar surface area (TPSA) is 97.5 Å². The molecule has 25 heavy (non-hydrogen) atoms. The number of nitrogens with zero attached hydrogens (tertiary/aromatic N) is 1. The van der Waals surface area contributed by atoms with E-state index in [0.29, 0.717) is 12.0 Å². The van der Waals surface area contributed by atoms with E-state index in [1.165, 1.54) is 35.5 Å². The highest BCUT2D eigenvalue weighted by Crippen LogP contribution is 2.27. The maximum Gasteiger partial charge on any atom is 0.243 e. The summed E-state index contributed by atoms with van der Waals surface area (Å²) in [5.41, 5.74) is 1.73. The summed E-state index contributed by atoms with van der Waals surface area (Å²) in [5, 5.41) is 5.14. The van der Waals surface area contributed by atoms with Crippen molar-refractivity contribution in [1.82, 2.24) is 4.31 Å². The summed E-state index contributed by atoms with van der Waals surface area (Å²) in [6.07, 6.45) is 0.458. The Morgan fingerprint density at radius 1 is 1.00 bits per heavy atom. The predicted molar refractivity (Wildman–Crippen MR) is 90.3 cm³/mol. The van der Waals surface area contributed by atoms with Crippen LogP contribution in [0.3, 0.4) is 0 Å². The molecular weight excluding hydrogens is 367 g/mol. The zero-order chi connectivity index (χ0) is 18.4. The van der Waals surface area contributed by atoms with E-state index >= 15 is 0 Å². The van der Waals surface area contributed by atoms with Gasteiger partial charge in [0.15, 0.2) is 0 Å². The molecule has 2 aromatic rings. The highest BCUT2D eigenvalue weighted by molar-refractivity contribution is 7.89. The van der Waals surface area contributed by atoms with Gasteiger partial charge in [-0.1, -0.05) is 6.07 Å². The quantitative estimate of drug-likeness (QED) is 0.868. The highest BCUT2D eigenvalue weighted by Gasteiger charge is 2.29. The average Bonchev–Trinajstić information content (AvgIpc) is 2.55. The summed E-state index contributed by atoms with van der Waals surface area (Å²) in [5.74, 6) is -0.472. The molecule has 9 heteroatoms. The van der Waals surface area contributed by atoms with Crippen molar-refractivity contribution in [2.75, 3.05) is 6.54 Å². The molecule has 2 N–H and O–H groups in total. The van der Waals surface area contributed by atoms with E-state index in [9.17, 15) is 21.2 Å². The number of aryl methyl sites for hydroxylation is 1. The first-order valence-corrected chi connectivity index (χ1v) is 10.5. The molecule has 1 heterocycles. The SMILES string of the molecule is Cc1cc(S(=O)(=O)N2CCc3ccc(S(N)(=O)=O)cc3C2)ccc1F. The van der Waals surface area contributed by atoms with Gasteiger partial charge in [0.25, 0.3) is 0 Å². The van der Waals surface area contributed by atoms with Gasteiger partial charge in [0, 0.05) is 13.1 Å². The number of fused-ring (bicyclic) bond motifs is 1. The fraction of sp³-hybridized carbons (Fsp3) is 0.250. The van der Waals surface area contributed by atoms with Gasteiger partial charge in [-0.25, -0.2) is 26.4 Å². The molecule has 0 saturated carbocycles. The molecule has 1 aliphatic rings. The van der Waals surface area contributed by atoms with Gasteiger partial charge in [-0.15, -0.1) is 0 Å². The Hall–Kier alpha value is -1.81. The van der Waals surface area contributed by atoms with Crippen LogP contribution < -0.4 is 5.14 Å². The molecule has 1 aliphatic heterocycles. The molecule has 0 aliphatic carbocycles. The number of nitrogens with two attached hydrogens (primary N) is 1. The first-order chi connectivity index (χ1) is 11.6. The maximum absolute atomic E-state index is 13.4. The molecule has 0 atom stereocenters. The van der Waals surface area contributed by atoms with Crippen LogP contribution in [0.2, 0.25) is 0 Å². The Labute approximate surface area is 146 Å². The Balaban J connectivity index is 1.97. The van der Waals surface area contributed by atoms with E-state index in [0.717, 1.165) is 11.6 Å². The maximum atomic E-state index is 13.4. The molecule has 0 aromatic heterocycles. The monoisotopic (exact) mass is 384 g/mol. The predicted octanol–water partition coefficient (Wildman–Crippen LogP) is 1.53. The fourth-order valence-electron chi connectivity index (χ4n) is 2.82. The Kier molecular flexibility index (Phi) is 4.44. The van der Waals surface area contributed by atoms with E-state index < -0.39 is 25.9 Å². The van der Waals surface area contributed by atoms with Crippen LogP contribution in [0.15, 0.2) is 46.2 Å². The molecular formula is C16H17FN2O4S2.